The molecule has 0 aliphatic heterocycles. The van der Waals surface area contributed by atoms with Crippen LogP contribution >= 0.6 is 15.9 Å². The van der Waals surface area contributed by atoms with Crippen LogP contribution in [0.15, 0.2) is 0 Å². The molecule has 0 spiro atoms. The molecule has 2 heteroatoms. The van der Waals surface area contributed by atoms with Crippen molar-refractivity contribution in [3.8, 4) is 0 Å². The molecule has 1 aliphatic rings. The summed E-state index contributed by atoms with van der Waals surface area (Å²) in [5.41, 5.74) is 0.536. The molecule has 0 amide bonds. The van der Waals surface area contributed by atoms with Crippen LogP contribution < -0.4 is 0 Å². The zero-order valence-electron chi connectivity index (χ0n) is 5.11. The third-order valence-electron chi connectivity index (χ3n) is 1.69. The van der Waals surface area contributed by atoms with Gasteiger partial charge in [0.1, 0.15) is 0 Å². The molecule has 0 atom stereocenters. The van der Waals surface area contributed by atoms with E-state index < -0.39 is 0 Å². The Bertz CT molecular complexity index is 78.6. The van der Waals surface area contributed by atoms with Crippen molar-refractivity contribution >= 4 is 15.9 Å². The molecule has 1 fully saturated rings. The number of rotatable bonds is 3. The molecule has 1 nitrogen and oxygen atoms in total. The fraction of sp³-hybridized carbons (Fsp3) is 1.00. The van der Waals surface area contributed by atoms with Crippen LogP contribution in [0.25, 0.3) is 0 Å². The van der Waals surface area contributed by atoms with Gasteiger partial charge in [-0.25, -0.2) is 0 Å². The highest BCUT2D eigenvalue weighted by atomic mass is 79.9. The summed E-state index contributed by atoms with van der Waals surface area (Å²) >= 11 is 3.45. The second-order valence-electron chi connectivity index (χ2n) is 2.57. The molecule has 0 unspecified atom stereocenters. The molecule has 8 heavy (non-hydrogen) atoms. The first-order valence-corrected chi connectivity index (χ1v) is 4.00. The number of alkyl halides is 1. The highest BCUT2D eigenvalue weighted by molar-refractivity contribution is 9.09. The van der Waals surface area contributed by atoms with Crippen molar-refractivity contribution < 1.29 is 4.74 Å². The molecule has 0 saturated heterocycles. The minimum absolute atomic E-state index is 0.536. The minimum atomic E-state index is 0.536. The lowest BCUT2D eigenvalue weighted by molar-refractivity contribution is 0.152. The van der Waals surface area contributed by atoms with Crippen LogP contribution in [0.1, 0.15) is 12.8 Å². The van der Waals surface area contributed by atoms with Crippen LogP contribution in [0.4, 0.5) is 0 Å². The summed E-state index contributed by atoms with van der Waals surface area (Å²) in [5.74, 6) is 0. The molecular formula is C6H11BrO. The van der Waals surface area contributed by atoms with Gasteiger partial charge in [0.15, 0.2) is 0 Å². The normalized spacial score (nSPS) is 23.2. The SMILES string of the molecule is COCC1(CBr)CC1. The van der Waals surface area contributed by atoms with Crippen LogP contribution in [0.2, 0.25) is 0 Å². The molecule has 1 aliphatic carbocycles. The molecule has 0 bridgehead atoms. The van der Waals surface area contributed by atoms with E-state index in [-0.39, 0.29) is 0 Å². The Morgan fingerprint density at radius 3 is 2.38 bits per heavy atom. The zero-order chi connectivity index (χ0) is 6.04. The number of hydrogen-bond acceptors (Lipinski definition) is 1. The summed E-state index contributed by atoms with van der Waals surface area (Å²) in [6, 6.07) is 0. The van der Waals surface area contributed by atoms with Gasteiger partial charge in [-0.1, -0.05) is 15.9 Å². The van der Waals surface area contributed by atoms with Crippen molar-refractivity contribution in [1.82, 2.24) is 0 Å². The second-order valence-corrected chi connectivity index (χ2v) is 3.13. The van der Waals surface area contributed by atoms with Gasteiger partial charge in [-0.2, -0.15) is 0 Å². The van der Waals surface area contributed by atoms with E-state index in [0.29, 0.717) is 5.41 Å². The van der Waals surface area contributed by atoms with E-state index in [1.165, 1.54) is 12.8 Å². The third-order valence-corrected chi connectivity index (χ3v) is 2.88. The van der Waals surface area contributed by atoms with E-state index >= 15 is 0 Å². The van der Waals surface area contributed by atoms with Gasteiger partial charge >= 0.3 is 0 Å². The molecule has 0 heterocycles. The first-order valence-electron chi connectivity index (χ1n) is 2.88. The smallest absolute Gasteiger partial charge is 0.0526 e. The van der Waals surface area contributed by atoms with Gasteiger partial charge in [-0.15, -0.1) is 0 Å². The summed E-state index contributed by atoms with van der Waals surface area (Å²) in [6.07, 6.45) is 2.68. The summed E-state index contributed by atoms with van der Waals surface area (Å²) < 4.78 is 5.03. The van der Waals surface area contributed by atoms with Crippen molar-refractivity contribution in [3.63, 3.8) is 0 Å². The first kappa shape index (κ1) is 6.56. The summed E-state index contributed by atoms with van der Waals surface area (Å²) in [4.78, 5) is 0. The molecule has 0 aromatic heterocycles. The topological polar surface area (TPSA) is 9.23 Å². The Morgan fingerprint density at radius 1 is 1.62 bits per heavy atom. The third kappa shape index (κ3) is 1.23. The molecule has 0 aromatic rings. The predicted octanol–water partition coefficient (Wildman–Crippen LogP) is 1.81. The molecule has 0 N–H and O–H groups in total. The van der Waals surface area contributed by atoms with Gasteiger partial charge in [0, 0.05) is 17.9 Å². The van der Waals surface area contributed by atoms with Crippen LogP contribution in [0, 0.1) is 5.41 Å². The lowest BCUT2D eigenvalue weighted by Gasteiger charge is -2.07. The Morgan fingerprint density at radius 2 is 2.25 bits per heavy atom. The zero-order valence-corrected chi connectivity index (χ0v) is 6.70. The first-order chi connectivity index (χ1) is 3.83. The maximum Gasteiger partial charge on any atom is 0.0526 e. The fourth-order valence-corrected chi connectivity index (χ4v) is 1.52. The van der Waals surface area contributed by atoms with E-state index in [9.17, 15) is 0 Å². The Balaban J connectivity index is 2.20. The van der Waals surface area contributed by atoms with Crippen molar-refractivity contribution in [3.05, 3.63) is 0 Å². The van der Waals surface area contributed by atoms with Gasteiger partial charge in [-0.3, -0.25) is 0 Å². The molecule has 1 rings (SSSR count). The fourth-order valence-electron chi connectivity index (χ4n) is 0.800. The average molecular weight is 179 g/mol. The van der Waals surface area contributed by atoms with Gasteiger partial charge in [0.05, 0.1) is 6.61 Å². The lowest BCUT2D eigenvalue weighted by atomic mass is 10.2. The minimum Gasteiger partial charge on any atom is -0.384 e. The second kappa shape index (κ2) is 2.36. The molecule has 48 valence electrons. The Kier molecular flexibility index (Phi) is 1.93. The van der Waals surface area contributed by atoms with E-state index in [0.717, 1.165) is 11.9 Å². The number of hydrogen-bond donors (Lipinski definition) is 0. The summed E-state index contributed by atoms with van der Waals surface area (Å²) in [7, 11) is 1.77. The number of ether oxygens (including phenoxy) is 1. The van der Waals surface area contributed by atoms with E-state index in [1.807, 2.05) is 0 Å². The van der Waals surface area contributed by atoms with Crippen molar-refractivity contribution in [1.29, 1.82) is 0 Å². The standard InChI is InChI=1S/C6H11BrO/c1-8-5-6(4-7)2-3-6/h2-5H2,1H3. The largest absolute Gasteiger partial charge is 0.384 e. The lowest BCUT2D eigenvalue weighted by Crippen LogP contribution is -2.09. The van der Waals surface area contributed by atoms with E-state index in [2.05, 4.69) is 15.9 Å². The number of methoxy groups -OCH3 is 1. The maximum atomic E-state index is 5.03. The van der Waals surface area contributed by atoms with Crippen molar-refractivity contribution in [2.45, 2.75) is 12.8 Å². The highest BCUT2D eigenvalue weighted by Crippen LogP contribution is 2.46. The average Bonchev–Trinajstić information content (AvgIpc) is 2.50. The van der Waals surface area contributed by atoms with Crippen molar-refractivity contribution in [2.24, 2.45) is 5.41 Å². The Hall–Kier alpha value is 0.440. The summed E-state index contributed by atoms with van der Waals surface area (Å²) in [5, 5.41) is 1.10. The highest BCUT2D eigenvalue weighted by Gasteiger charge is 2.41. The van der Waals surface area contributed by atoms with Crippen LogP contribution in [0.3, 0.4) is 0 Å². The molecular weight excluding hydrogens is 168 g/mol. The monoisotopic (exact) mass is 178 g/mol. The summed E-state index contributed by atoms with van der Waals surface area (Å²) in [6.45, 7) is 0.929. The van der Waals surface area contributed by atoms with Crippen molar-refractivity contribution in [2.75, 3.05) is 19.0 Å². The van der Waals surface area contributed by atoms with Crippen LogP contribution in [0.5, 0.6) is 0 Å². The molecule has 0 aromatic carbocycles. The van der Waals surface area contributed by atoms with Crippen LogP contribution in [-0.2, 0) is 4.74 Å². The van der Waals surface area contributed by atoms with E-state index in [1.54, 1.807) is 7.11 Å². The predicted molar refractivity (Wildman–Crippen MR) is 37.3 cm³/mol. The quantitative estimate of drug-likeness (QED) is 0.600. The van der Waals surface area contributed by atoms with E-state index in [4.69, 9.17) is 4.74 Å². The van der Waals surface area contributed by atoms with Crippen LogP contribution in [-0.4, -0.2) is 19.0 Å². The Labute approximate surface area is 58.5 Å². The van der Waals surface area contributed by atoms with Gasteiger partial charge < -0.3 is 4.74 Å². The maximum absolute atomic E-state index is 5.03. The van der Waals surface area contributed by atoms with Gasteiger partial charge in [-0.05, 0) is 12.8 Å². The molecule has 0 radical (unpaired) electrons. The molecule has 1 saturated carbocycles. The number of halogens is 1. The van der Waals surface area contributed by atoms with Gasteiger partial charge in [0.2, 0.25) is 0 Å². The van der Waals surface area contributed by atoms with Gasteiger partial charge in [0.25, 0.3) is 0 Å².